The number of halogens is 3. The Labute approximate surface area is 110 Å². The average molecular weight is 277 g/mol. The largest absolute Gasteiger partial charge is 0.494 e. The zero-order chi connectivity index (χ0) is 14.1. The van der Waals surface area contributed by atoms with Crippen LogP contribution in [0.1, 0.15) is 12.0 Å². The highest BCUT2D eigenvalue weighted by Crippen LogP contribution is 2.15. The van der Waals surface area contributed by atoms with E-state index in [1.54, 1.807) is 0 Å². The van der Waals surface area contributed by atoms with E-state index in [1.165, 1.54) is 0 Å². The van der Waals surface area contributed by atoms with E-state index in [0.29, 0.717) is 18.8 Å². The minimum absolute atomic E-state index is 0.0390. The highest BCUT2D eigenvalue weighted by molar-refractivity contribution is 5.27. The quantitative estimate of drug-likeness (QED) is 0.741. The second-order valence-corrected chi connectivity index (χ2v) is 4.04. The van der Waals surface area contributed by atoms with Crippen LogP contribution in [0.3, 0.4) is 0 Å². The molecule has 0 bridgehead atoms. The zero-order valence-corrected chi connectivity index (χ0v) is 10.8. The summed E-state index contributed by atoms with van der Waals surface area (Å²) in [4.78, 5) is 0. The van der Waals surface area contributed by atoms with Crippen LogP contribution in [-0.4, -0.2) is 33.0 Å². The van der Waals surface area contributed by atoms with Gasteiger partial charge < -0.3 is 14.8 Å². The molecule has 1 rings (SSSR count). The lowest BCUT2D eigenvalue weighted by atomic mass is 10.2. The van der Waals surface area contributed by atoms with E-state index >= 15 is 0 Å². The van der Waals surface area contributed by atoms with Crippen molar-refractivity contribution in [3.63, 3.8) is 0 Å². The molecule has 0 radical (unpaired) electrons. The molecule has 0 spiro atoms. The second-order valence-electron chi connectivity index (χ2n) is 4.04. The molecule has 19 heavy (non-hydrogen) atoms. The summed E-state index contributed by atoms with van der Waals surface area (Å²) in [6.45, 7) is -0.0438. The van der Waals surface area contributed by atoms with Crippen LogP contribution in [0.25, 0.3) is 0 Å². The molecule has 0 amide bonds. The highest BCUT2D eigenvalue weighted by Gasteiger charge is 2.27. The minimum Gasteiger partial charge on any atom is -0.494 e. The Bertz CT molecular complexity index is 352. The SMILES string of the molecule is CNCc1ccc(OCCCOCC(F)(F)F)cc1. The topological polar surface area (TPSA) is 30.5 Å². The molecule has 0 saturated carbocycles. The van der Waals surface area contributed by atoms with Gasteiger partial charge in [-0.15, -0.1) is 0 Å². The Hall–Kier alpha value is -1.27. The summed E-state index contributed by atoms with van der Waals surface area (Å²) in [6, 6.07) is 7.55. The third-order valence-electron chi connectivity index (χ3n) is 2.27. The maximum absolute atomic E-state index is 11.8. The Kier molecular flexibility index (Phi) is 6.66. The lowest BCUT2D eigenvalue weighted by Gasteiger charge is -2.09. The van der Waals surface area contributed by atoms with Gasteiger partial charge in [0.25, 0.3) is 0 Å². The molecular formula is C13H18F3NO2. The number of ether oxygens (including phenoxy) is 2. The summed E-state index contributed by atoms with van der Waals surface area (Å²) in [5.74, 6) is 0.704. The van der Waals surface area contributed by atoms with Gasteiger partial charge in [-0.25, -0.2) is 0 Å². The van der Waals surface area contributed by atoms with Crippen molar-refractivity contribution in [2.24, 2.45) is 0 Å². The lowest BCUT2D eigenvalue weighted by Crippen LogP contribution is -2.18. The Morgan fingerprint density at radius 3 is 2.37 bits per heavy atom. The third kappa shape index (κ3) is 7.69. The summed E-state index contributed by atoms with van der Waals surface area (Å²) >= 11 is 0. The Balaban J connectivity index is 2.12. The van der Waals surface area contributed by atoms with Crippen molar-refractivity contribution >= 4 is 0 Å². The molecule has 6 heteroatoms. The molecule has 1 aromatic rings. The van der Waals surface area contributed by atoms with Gasteiger partial charge >= 0.3 is 6.18 Å². The number of hydrogen-bond acceptors (Lipinski definition) is 3. The van der Waals surface area contributed by atoms with E-state index in [1.807, 2.05) is 31.3 Å². The van der Waals surface area contributed by atoms with Crippen LogP contribution in [-0.2, 0) is 11.3 Å². The van der Waals surface area contributed by atoms with Crippen LogP contribution < -0.4 is 10.1 Å². The van der Waals surface area contributed by atoms with Crippen LogP contribution in [0.2, 0.25) is 0 Å². The summed E-state index contributed by atoms with van der Waals surface area (Å²) in [5, 5.41) is 3.03. The van der Waals surface area contributed by atoms with Gasteiger partial charge in [0.1, 0.15) is 12.4 Å². The molecule has 0 aliphatic carbocycles. The van der Waals surface area contributed by atoms with Gasteiger partial charge in [0.05, 0.1) is 13.2 Å². The maximum Gasteiger partial charge on any atom is 0.411 e. The van der Waals surface area contributed by atoms with E-state index in [0.717, 1.165) is 12.1 Å². The van der Waals surface area contributed by atoms with Crippen LogP contribution in [0.5, 0.6) is 5.75 Å². The van der Waals surface area contributed by atoms with Crippen LogP contribution in [0.4, 0.5) is 13.2 Å². The van der Waals surface area contributed by atoms with Crippen LogP contribution in [0, 0.1) is 0 Å². The van der Waals surface area contributed by atoms with Crippen LogP contribution >= 0.6 is 0 Å². The first-order valence-corrected chi connectivity index (χ1v) is 6.02. The molecule has 0 saturated heterocycles. The lowest BCUT2D eigenvalue weighted by molar-refractivity contribution is -0.174. The maximum atomic E-state index is 11.8. The van der Waals surface area contributed by atoms with Crippen molar-refractivity contribution in [1.82, 2.24) is 5.32 Å². The van der Waals surface area contributed by atoms with Gasteiger partial charge in [-0.3, -0.25) is 0 Å². The number of benzene rings is 1. The molecule has 0 atom stereocenters. The first-order valence-electron chi connectivity index (χ1n) is 6.02. The second kappa shape index (κ2) is 8.01. The number of alkyl halides is 3. The Morgan fingerprint density at radius 1 is 1.11 bits per heavy atom. The number of hydrogen-bond donors (Lipinski definition) is 1. The van der Waals surface area contributed by atoms with Crippen molar-refractivity contribution in [3.8, 4) is 5.75 Å². The smallest absolute Gasteiger partial charge is 0.411 e. The van der Waals surface area contributed by atoms with Gasteiger partial charge in [-0.05, 0) is 24.7 Å². The fraction of sp³-hybridized carbons (Fsp3) is 0.538. The van der Waals surface area contributed by atoms with Crippen molar-refractivity contribution in [1.29, 1.82) is 0 Å². The van der Waals surface area contributed by atoms with Gasteiger partial charge in [-0.2, -0.15) is 13.2 Å². The van der Waals surface area contributed by atoms with E-state index in [2.05, 4.69) is 10.1 Å². The zero-order valence-electron chi connectivity index (χ0n) is 10.8. The standard InChI is InChI=1S/C13H18F3NO2/c1-17-9-11-3-5-12(6-4-11)19-8-2-7-18-10-13(14,15)16/h3-6,17H,2,7-10H2,1H3. The molecule has 0 fully saturated rings. The summed E-state index contributed by atoms with van der Waals surface area (Å²) < 4.78 is 45.2. The fourth-order valence-electron chi connectivity index (χ4n) is 1.45. The molecule has 1 N–H and O–H groups in total. The van der Waals surface area contributed by atoms with Gasteiger partial charge in [0.15, 0.2) is 0 Å². The van der Waals surface area contributed by atoms with E-state index in [9.17, 15) is 13.2 Å². The predicted octanol–water partition coefficient (Wildman–Crippen LogP) is 2.75. The molecule has 1 aromatic carbocycles. The third-order valence-corrected chi connectivity index (χ3v) is 2.27. The monoisotopic (exact) mass is 277 g/mol. The molecule has 3 nitrogen and oxygen atoms in total. The summed E-state index contributed by atoms with van der Waals surface area (Å²) in [7, 11) is 1.87. The first kappa shape index (κ1) is 15.8. The Morgan fingerprint density at radius 2 is 1.79 bits per heavy atom. The molecule has 0 unspecified atom stereocenters. The van der Waals surface area contributed by atoms with Crippen molar-refractivity contribution in [3.05, 3.63) is 29.8 Å². The highest BCUT2D eigenvalue weighted by atomic mass is 19.4. The predicted molar refractivity (Wildman–Crippen MR) is 66.2 cm³/mol. The number of rotatable bonds is 8. The average Bonchev–Trinajstić information content (AvgIpc) is 2.35. The minimum atomic E-state index is -4.26. The van der Waals surface area contributed by atoms with Gasteiger partial charge in [-0.1, -0.05) is 12.1 Å². The summed E-state index contributed by atoms with van der Waals surface area (Å²) in [5.41, 5.74) is 1.14. The number of nitrogens with one attached hydrogen (secondary N) is 1. The van der Waals surface area contributed by atoms with Gasteiger partial charge in [0.2, 0.25) is 0 Å². The van der Waals surface area contributed by atoms with Crippen molar-refractivity contribution < 1.29 is 22.6 Å². The molecule has 0 aromatic heterocycles. The van der Waals surface area contributed by atoms with E-state index in [4.69, 9.17) is 4.74 Å². The molecule has 0 aliphatic heterocycles. The normalized spacial score (nSPS) is 11.6. The van der Waals surface area contributed by atoms with Crippen molar-refractivity contribution in [2.75, 3.05) is 26.9 Å². The fourth-order valence-corrected chi connectivity index (χ4v) is 1.45. The van der Waals surface area contributed by atoms with E-state index in [-0.39, 0.29) is 6.61 Å². The molecule has 0 aliphatic rings. The van der Waals surface area contributed by atoms with Crippen LogP contribution in [0.15, 0.2) is 24.3 Å². The van der Waals surface area contributed by atoms with E-state index < -0.39 is 12.8 Å². The molecule has 108 valence electrons. The molecule has 0 heterocycles. The molecular weight excluding hydrogens is 259 g/mol. The summed E-state index contributed by atoms with van der Waals surface area (Å²) in [6.07, 6.45) is -3.83. The first-order chi connectivity index (χ1) is 9.01. The van der Waals surface area contributed by atoms with Gasteiger partial charge in [0, 0.05) is 13.0 Å². The van der Waals surface area contributed by atoms with Crippen molar-refractivity contribution in [2.45, 2.75) is 19.1 Å².